The molecule has 0 radical (unpaired) electrons. The average molecular weight is 152 g/mol. The highest BCUT2D eigenvalue weighted by Crippen LogP contribution is 2.30. The van der Waals surface area contributed by atoms with Gasteiger partial charge in [0.25, 0.3) is 0 Å². The fraction of sp³-hybridized carbons (Fsp3) is 0.250. The Morgan fingerprint density at radius 1 is 1.09 bits per heavy atom. The van der Waals surface area contributed by atoms with Crippen LogP contribution in [0.15, 0.2) is 18.2 Å². The Bertz CT molecular complexity index is 226. The van der Waals surface area contributed by atoms with Gasteiger partial charge in [-0.2, -0.15) is 0 Å². The number of rotatable bonds is 2. The first kappa shape index (κ1) is 7.72. The SMILES string of the molecule is CNc1cccc(NC)c1O. The predicted molar refractivity (Wildman–Crippen MR) is 47.2 cm³/mol. The molecule has 3 N–H and O–H groups in total. The van der Waals surface area contributed by atoms with E-state index < -0.39 is 0 Å². The van der Waals surface area contributed by atoms with Crippen molar-refractivity contribution in [1.82, 2.24) is 0 Å². The fourth-order valence-electron chi connectivity index (χ4n) is 0.947. The maximum atomic E-state index is 9.46. The molecule has 0 aliphatic rings. The molecule has 3 heteroatoms. The zero-order chi connectivity index (χ0) is 8.27. The maximum absolute atomic E-state index is 9.46. The lowest BCUT2D eigenvalue weighted by Gasteiger charge is -2.07. The molecular formula is C8H12N2O. The summed E-state index contributed by atoms with van der Waals surface area (Å²) in [4.78, 5) is 0. The van der Waals surface area contributed by atoms with E-state index in [9.17, 15) is 5.11 Å². The van der Waals surface area contributed by atoms with Crippen molar-refractivity contribution in [2.24, 2.45) is 0 Å². The minimum atomic E-state index is 0.262. The third-order valence-corrected chi connectivity index (χ3v) is 1.57. The van der Waals surface area contributed by atoms with E-state index in [-0.39, 0.29) is 5.75 Å². The number of phenolic OH excluding ortho intramolecular Hbond substituents is 1. The number of benzene rings is 1. The molecule has 0 atom stereocenters. The average Bonchev–Trinajstić information content (AvgIpc) is 2.05. The molecule has 1 rings (SSSR count). The summed E-state index contributed by atoms with van der Waals surface area (Å²) in [6, 6.07) is 5.50. The van der Waals surface area contributed by atoms with E-state index in [1.807, 2.05) is 18.2 Å². The second-order valence-corrected chi connectivity index (χ2v) is 2.20. The van der Waals surface area contributed by atoms with Crippen LogP contribution in [0.4, 0.5) is 11.4 Å². The van der Waals surface area contributed by atoms with Crippen LogP contribution in [0, 0.1) is 0 Å². The van der Waals surface area contributed by atoms with Gasteiger partial charge in [-0.25, -0.2) is 0 Å². The smallest absolute Gasteiger partial charge is 0.162 e. The van der Waals surface area contributed by atoms with E-state index in [0.29, 0.717) is 0 Å². The highest BCUT2D eigenvalue weighted by Gasteiger charge is 2.01. The standard InChI is InChI=1S/C8H12N2O/c1-9-6-4-3-5-7(10-2)8(6)11/h3-5,9-11H,1-2H3. The zero-order valence-electron chi connectivity index (χ0n) is 6.68. The van der Waals surface area contributed by atoms with Crippen LogP contribution in [-0.4, -0.2) is 19.2 Å². The molecule has 0 bridgehead atoms. The number of aromatic hydroxyl groups is 1. The second kappa shape index (κ2) is 3.14. The molecule has 0 aromatic heterocycles. The maximum Gasteiger partial charge on any atom is 0.162 e. The van der Waals surface area contributed by atoms with Gasteiger partial charge in [0, 0.05) is 14.1 Å². The molecule has 0 heterocycles. The lowest BCUT2D eigenvalue weighted by molar-refractivity contribution is 0.480. The first-order valence-electron chi connectivity index (χ1n) is 3.47. The van der Waals surface area contributed by atoms with E-state index >= 15 is 0 Å². The molecule has 11 heavy (non-hydrogen) atoms. The summed E-state index contributed by atoms with van der Waals surface area (Å²) >= 11 is 0. The quantitative estimate of drug-likeness (QED) is 0.562. The van der Waals surface area contributed by atoms with E-state index in [0.717, 1.165) is 11.4 Å². The largest absolute Gasteiger partial charge is 0.504 e. The highest BCUT2D eigenvalue weighted by atomic mass is 16.3. The van der Waals surface area contributed by atoms with Crippen molar-refractivity contribution in [1.29, 1.82) is 0 Å². The Balaban J connectivity index is 3.10. The lowest BCUT2D eigenvalue weighted by atomic mass is 10.2. The summed E-state index contributed by atoms with van der Waals surface area (Å²) in [5.41, 5.74) is 1.47. The number of phenols is 1. The van der Waals surface area contributed by atoms with Gasteiger partial charge in [0.2, 0.25) is 0 Å². The summed E-state index contributed by atoms with van der Waals surface area (Å²) < 4.78 is 0. The van der Waals surface area contributed by atoms with Crippen molar-refractivity contribution >= 4 is 11.4 Å². The van der Waals surface area contributed by atoms with Crippen LogP contribution >= 0.6 is 0 Å². The molecule has 0 fully saturated rings. The van der Waals surface area contributed by atoms with Crippen molar-refractivity contribution < 1.29 is 5.11 Å². The minimum Gasteiger partial charge on any atom is -0.504 e. The molecule has 60 valence electrons. The summed E-state index contributed by atoms with van der Waals surface area (Å²) in [5, 5.41) is 15.2. The number of anilines is 2. The predicted octanol–water partition coefficient (Wildman–Crippen LogP) is 1.48. The summed E-state index contributed by atoms with van der Waals surface area (Å²) in [6.45, 7) is 0. The van der Waals surface area contributed by atoms with Crippen molar-refractivity contribution in [3.63, 3.8) is 0 Å². The van der Waals surface area contributed by atoms with E-state index in [2.05, 4.69) is 10.6 Å². The minimum absolute atomic E-state index is 0.262. The van der Waals surface area contributed by atoms with Gasteiger partial charge in [-0.05, 0) is 12.1 Å². The van der Waals surface area contributed by atoms with Gasteiger partial charge in [-0.1, -0.05) is 6.07 Å². The fourth-order valence-corrected chi connectivity index (χ4v) is 0.947. The molecule has 0 saturated carbocycles. The van der Waals surface area contributed by atoms with E-state index in [4.69, 9.17) is 0 Å². The van der Waals surface area contributed by atoms with Crippen LogP contribution in [0.1, 0.15) is 0 Å². The molecule has 1 aromatic rings. The summed E-state index contributed by atoms with van der Waals surface area (Å²) in [6.07, 6.45) is 0. The molecule has 1 aromatic carbocycles. The molecule has 0 aliphatic carbocycles. The molecule has 0 amide bonds. The molecule has 0 spiro atoms. The third kappa shape index (κ3) is 1.37. The van der Waals surface area contributed by atoms with E-state index in [1.165, 1.54) is 0 Å². The van der Waals surface area contributed by atoms with Crippen molar-refractivity contribution in [3.8, 4) is 5.75 Å². The van der Waals surface area contributed by atoms with Gasteiger partial charge in [-0.3, -0.25) is 0 Å². The zero-order valence-corrected chi connectivity index (χ0v) is 6.68. The van der Waals surface area contributed by atoms with Crippen LogP contribution in [0.25, 0.3) is 0 Å². The van der Waals surface area contributed by atoms with Crippen molar-refractivity contribution in [2.45, 2.75) is 0 Å². The Morgan fingerprint density at radius 3 is 1.91 bits per heavy atom. The molecule has 3 nitrogen and oxygen atoms in total. The summed E-state index contributed by atoms with van der Waals surface area (Å²) in [7, 11) is 3.54. The van der Waals surface area contributed by atoms with Crippen LogP contribution in [0.5, 0.6) is 5.75 Å². The van der Waals surface area contributed by atoms with Gasteiger partial charge in [0.1, 0.15) is 0 Å². The molecule has 0 saturated heterocycles. The van der Waals surface area contributed by atoms with Crippen LogP contribution in [-0.2, 0) is 0 Å². The van der Waals surface area contributed by atoms with Gasteiger partial charge in [-0.15, -0.1) is 0 Å². The first-order chi connectivity index (χ1) is 5.29. The second-order valence-electron chi connectivity index (χ2n) is 2.20. The van der Waals surface area contributed by atoms with Crippen molar-refractivity contribution in [2.75, 3.05) is 24.7 Å². The molecule has 0 aliphatic heterocycles. The van der Waals surface area contributed by atoms with Crippen LogP contribution < -0.4 is 10.6 Å². The van der Waals surface area contributed by atoms with Gasteiger partial charge >= 0.3 is 0 Å². The van der Waals surface area contributed by atoms with Gasteiger partial charge in [0.05, 0.1) is 11.4 Å². The van der Waals surface area contributed by atoms with Gasteiger partial charge in [0.15, 0.2) is 5.75 Å². The molecule has 0 unspecified atom stereocenters. The number of nitrogens with one attached hydrogen (secondary N) is 2. The van der Waals surface area contributed by atoms with Crippen molar-refractivity contribution in [3.05, 3.63) is 18.2 Å². The number of para-hydroxylation sites is 1. The van der Waals surface area contributed by atoms with Crippen LogP contribution in [0.3, 0.4) is 0 Å². The Kier molecular flexibility index (Phi) is 2.21. The Labute approximate surface area is 66.1 Å². The summed E-state index contributed by atoms with van der Waals surface area (Å²) in [5.74, 6) is 0.262. The topological polar surface area (TPSA) is 44.3 Å². The number of hydrogen-bond acceptors (Lipinski definition) is 3. The molecular weight excluding hydrogens is 140 g/mol. The third-order valence-electron chi connectivity index (χ3n) is 1.57. The normalized spacial score (nSPS) is 9.27. The first-order valence-corrected chi connectivity index (χ1v) is 3.47. The van der Waals surface area contributed by atoms with Gasteiger partial charge < -0.3 is 15.7 Å². The highest BCUT2D eigenvalue weighted by molar-refractivity contribution is 5.69. The lowest BCUT2D eigenvalue weighted by Crippen LogP contribution is -1.93. The number of hydrogen-bond donors (Lipinski definition) is 3. The van der Waals surface area contributed by atoms with Crippen LogP contribution in [0.2, 0.25) is 0 Å². The Hall–Kier alpha value is -1.38. The Morgan fingerprint density at radius 2 is 1.55 bits per heavy atom. The monoisotopic (exact) mass is 152 g/mol. The van der Waals surface area contributed by atoms with E-state index in [1.54, 1.807) is 14.1 Å².